The summed E-state index contributed by atoms with van der Waals surface area (Å²) in [6.45, 7) is 9.09. The lowest BCUT2D eigenvalue weighted by molar-refractivity contribution is 0.268. The summed E-state index contributed by atoms with van der Waals surface area (Å²) in [6.07, 6.45) is 4.32. The largest absolute Gasteiger partial charge is 0.313 e. The average Bonchev–Trinajstić information content (AvgIpc) is 2.87. The van der Waals surface area contributed by atoms with E-state index in [1.807, 2.05) is 0 Å². The molecule has 0 aromatic rings. The lowest BCUT2D eigenvalue weighted by Crippen LogP contribution is -2.37. The van der Waals surface area contributed by atoms with Crippen LogP contribution in [0.25, 0.3) is 0 Å². The van der Waals surface area contributed by atoms with E-state index in [4.69, 9.17) is 0 Å². The maximum absolute atomic E-state index is 3.60. The Morgan fingerprint density at radius 1 is 1.29 bits per heavy atom. The van der Waals surface area contributed by atoms with Crippen LogP contribution in [-0.2, 0) is 0 Å². The van der Waals surface area contributed by atoms with Crippen LogP contribution in [0.3, 0.4) is 0 Å². The first-order valence-electron chi connectivity index (χ1n) is 6.03. The number of nitrogens with zero attached hydrogens (tertiary/aromatic N) is 1. The molecule has 0 saturated heterocycles. The molecule has 2 heteroatoms. The minimum absolute atomic E-state index is 0.663. The van der Waals surface area contributed by atoms with Gasteiger partial charge in [-0.05, 0) is 40.2 Å². The fraction of sp³-hybridized carbons (Fsp3) is 1.00. The highest BCUT2D eigenvalue weighted by atomic mass is 15.1. The van der Waals surface area contributed by atoms with Gasteiger partial charge in [-0.1, -0.05) is 12.8 Å². The number of hydrogen-bond donors (Lipinski definition) is 1. The number of nitrogens with one attached hydrogen (secondary N) is 1. The molecule has 1 aliphatic rings. The molecule has 1 atom stereocenters. The van der Waals surface area contributed by atoms with E-state index in [1.165, 1.54) is 19.3 Å². The van der Waals surface area contributed by atoms with Crippen LogP contribution >= 0.6 is 0 Å². The summed E-state index contributed by atoms with van der Waals surface area (Å²) >= 11 is 0. The van der Waals surface area contributed by atoms with Gasteiger partial charge in [0, 0.05) is 25.2 Å². The van der Waals surface area contributed by atoms with Gasteiger partial charge in [0.25, 0.3) is 0 Å². The Balaban J connectivity index is 1.96. The molecular formula is C12H26N2. The zero-order valence-electron chi connectivity index (χ0n) is 10.2. The first kappa shape index (κ1) is 12.0. The fourth-order valence-electron chi connectivity index (χ4n) is 1.68. The average molecular weight is 198 g/mol. The van der Waals surface area contributed by atoms with Crippen molar-refractivity contribution >= 4 is 0 Å². The highest BCUT2D eigenvalue weighted by molar-refractivity contribution is 4.78. The summed E-state index contributed by atoms with van der Waals surface area (Å²) in [6, 6.07) is 1.37. The Bertz CT molecular complexity index is 152. The van der Waals surface area contributed by atoms with Crippen LogP contribution in [0.4, 0.5) is 0 Å². The number of hydrogen-bond acceptors (Lipinski definition) is 2. The van der Waals surface area contributed by atoms with Gasteiger partial charge in [-0.15, -0.1) is 0 Å². The molecule has 1 aliphatic carbocycles. The summed E-state index contributed by atoms with van der Waals surface area (Å²) in [5.74, 6) is 1.04. The van der Waals surface area contributed by atoms with Gasteiger partial charge in [-0.3, -0.25) is 0 Å². The van der Waals surface area contributed by atoms with Gasteiger partial charge in [-0.25, -0.2) is 0 Å². The fourth-order valence-corrected chi connectivity index (χ4v) is 1.68. The molecule has 0 radical (unpaired) electrons. The Morgan fingerprint density at radius 2 is 1.93 bits per heavy atom. The van der Waals surface area contributed by atoms with E-state index in [-0.39, 0.29) is 0 Å². The van der Waals surface area contributed by atoms with E-state index in [0.717, 1.165) is 19.0 Å². The van der Waals surface area contributed by atoms with Crippen molar-refractivity contribution in [3.8, 4) is 0 Å². The summed E-state index contributed by atoms with van der Waals surface area (Å²) in [4.78, 5) is 2.39. The van der Waals surface area contributed by atoms with Gasteiger partial charge in [0.1, 0.15) is 0 Å². The molecule has 84 valence electrons. The monoisotopic (exact) mass is 198 g/mol. The summed E-state index contributed by atoms with van der Waals surface area (Å²) < 4.78 is 0. The molecule has 14 heavy (non-hydrogen) atoms. The lowest BCUT2D eigenvalue weighted by atomic mass is 10.1. The van der Waals surface area contributed by atoms with E-state index >= 15 is 0 Å². The van der Waals surface area contributed by atoms with Crippen molar-refractivity contribution in [1.82, 2.24) is 10.2 Å². The topological polar surface area (TPSA) is 15.3 Å². The molecule has 1 unspecified atom stereocenters. The minimum atomic E-state index is 0.663. The first-order valence-corrected chi connectivity index (χ1v) is 6.03. The zero-order valence-corrected chi connectivity index (χ0v) is 10.2. The second-order valence-electron chi connectivity index (χ2n) is 5.11. The third-order valence-corrected chi connectivity index (χ3v) is 3.22. The van der Waals surface area contributed by atoms with E-state index in [0.29, 0.717) is 12.1 Å². The van der Waals surface area contributed by atoms with Gasteiger partial charge >= 0.3 is 0 Å². The third kappa shape index (κ3) is 4.97. The van der Waals surface area contributed by atoms with Crippen LogP contribution in [0.2, 0.25) is 0 Å². The van der Waals surface area contributed by atoms with Crippen LogP contribution in [0.5, 0.6) is 0 Å². The second-order valence-corrected chi connectivity index (χ2v) is 5.11. The SMILES string of the molecule is CC(CC1CC1)NCCN(C)C(C)C. The van der Waals surface area contributed by atoms with Gasteiger partial charge in [-0.2, -0.15) is 0 Å². The highest BCUT2D eigenvalue weighted by Crippen LogP contribution is 2.33. The van der Waals surface area contributed by atoms with Crippen molar-refractivity contribution in [1.29, 1.82) is 0 Å². The van der Waals surface area contributed by atoms with E-state index in [2.05, 4.69) is 38.0 Å². The van der Waals surface area contributed by atoms with Crippen molar-refractivity contribution < 1.29 is 0 Å². The molecule has 0 heterocycles. The molecule has 1 saturated carbocycles. The molecule has 1 fully saturated rings. The lowest BCUT2D eigenvalue weighted by Gasteiger charge is -2.22. The van der Waals surface area contributed by atoms with Gasteiger partial charge < -0.3 is 10.2 Å². The van der Waals surface area contributed by atoms with Crippen LogP contribution in [0.15, 0.2) is 0 Å². The maximum Gasteiger partial charge on any atom is 0.0107 e. The number of likely N-dealkylation sites (N-methyl/N-ethyl adjacent to an activating group) is 1. The molecule has 0 amide bonds. The Labute approximate surface area is 89.1 Å². The van der Waals surface area contributed by atoms with E-state index in [1.54, 1.807) is 0 Å². The Morgan fingerprint density at radius 3 is 2.43 bits per heavy atom. The molecule has 2 nitrogen and oxygen atoms in total. The summed E-state index contributed by atoms with van der Waals surface area (Å²) in [7, 11) is 2.19. The molecule has 0 aliphatic heterocycles. The smallest absolute Gasteiger partial charge is 0.0107 e. The summed E-state index contributed by atoms with van der Waals surface area (Å²) in [5.41, 5.74) is 0. The van der Waals surface area contributed by atoms with Crippen LogP contribution in [0, 0.1) is 5.92 Å². The predicted octanol–water partition coefficient (Wildman–Crippen LogP) is 2.10. The zero-order chi connectivity index (χ0) is 10.6. The van der Waals surface area contributed by atoms with E-state index in [9.17, 15) is 0 Å². The van der Waals surface area contributed by atoms with Crippen LogP contribution < -0.4 is 5.32 Å². The van der Waals surface area contributed by atoms with Gasteiger partial charge in [0.05, 0.1) is 0 Å². The van der Waals surface area contributed by atoms with Crippen molar-refractivity contribution in [3.05, 3.63) is 0 Å². The molecule has 0 aromatic carbocycles. The predicted molar refractivity (Wildman–Crippen MR) is 62.6 cm³/mol. The highest BCUT2D eigenvalue weighted by Gasteiger charge is 2.23. The van der Waals surface area contributed by atoms with E-state index < -0.39 is 0 Å². The van der Waals surface area contributed by atoms with Crippen molar-refractivity contribution in [3.63, 3.8) is 0 Å². The minimum Gasteiger partial charge on any atom is -0.313 e. The Kier molecular flexibility index (Phi) is 4.90. The standard InChI is InChI=1S/C12H26N2/c1-10(2)14(4)8-7-13-11(3)9-12-5-6-12/h10-13H,5-9H2,1-4H3. The molecule has 0 spiro atoms. The first-order chi connectivity index (χ1) is 6.59. The van der Waals surface area contributed by atoms with Gasteiger partial charge in [0.2, 0.25) is 0 Å². The van der Waals surface area contributed by atoms with Crippen molar-refractivity contribution in [2.75, 3.05) is 20.1 Å². The van der Waals surface area contributed by atoms with Crippen molar-refractivity contribution in [2.45, 2.75) is 52.1 Å². The number of rotatable bonds is 7. The van der Waals surface area contributed by atoms with Gasteiger partial charge in [0.15, 0.2) is 0 Å². The summed E-state index contributed by atoms with van der Waals surface area (Å²) in [5, 5.41) is 3.60. The Hall–Kier alpha value is -0.0800. The van der Waals surface area contributed by atoms with Crippen LogP contribution in [-0.4, -0.2) is 37.1 Å². The quantitative estimate of drug-likeness (QED) is 0.674. The molecule has 1 rings (SSSR count). The molecular weight excluding hydrogens is 172 g/mol. The second kappa shape index (κ2) is 5.72. The normalized spacial score (nSPS) is 19.3. The molecule has 0 bridgehead atoms. The third-order valence-electron chi connectivity index (χ3n) is 3.22. The van der Waals surface area contributed by atoms with Crippen molar-refractivity contribution in [2.24, 2.45) is 5.92 Å². The maximum atomic E-state index is 3.60. The molecule has 1 N–H and O–H groups in total. The molecule has 0 aromatic heterocycles. The van der Waals surface area contributed by atoms with Crippen LogP contribution in [0.1, 0.15) is 40.0 Å².